The van der Waals surface area contributed by atoms with E-state index in [1.807, 2.05) is 38.1 Å². The number of rotatable bonds is 2. The van der Waals surface area contributed by atoms with E-state index in [1.165, 1.54) is 5.56 Å². The molecule has 1 aliphatic carbocycles. The molecule has 0 aliphatic heterocycles. The van der Waals surface area contributed by atoms with Crippen molar-refractivity contribution in [3.63, 3.8) is 0 Å². The second kappa shape index (κ2) is 4.81. The van der Waals surface area contributed by atoms with Crippen molar-refractivity contribution in [2.45, 2.75) is 32.4 Å². The van der Waals surface area contributed by atoms with Gasteiger partial charge in [0.25, 0.3) is 0 Å². The van der Waals surface area contributed by atoms with Gasteiger partial charge in [0.05, 0.1) is 17.8 Å². The van der Waals surface area contributed by atoms with Gasteiger partial charge in [0.2, 0.25) is 0 Å². The molecule has 0 fully saturated rings. The van der Waals surface area contributed by atoms with Gasteiger partial charge in [0.1, 0.15) is 5.82 Å². The van der Waals surface area contributed by atoms with E-state index in [9.17, 15) is 5.11 Å². The number of aliphatic hydroxyl groups is 1. The third-order valence-corrected chi connectivity index (χ3v) is 4.18. The minimum absolute atomic E-state index is 0.120. The van der Waals surface area contributed by atoms with Gasteiger partial charge in [-0.2, -0.15) is 9.61 Å². The zero-order chi connectivity index (χ0) is 15.3. The highest BCUT2D eigenvalue weighted by atomic mass is 16.3. The lowest BCUT2D eigenvalue weighted by molar-refractivity contribution is 0.165. The Balaban J connectivity index is 1.78. The van der Waals surface area contributed by atoms with E-state index in [0.29, 0.717) is 6.42 Å². The fraction of sp³-hybridized carbons (Fsp3) is 0.294. The van der Waals surface area contributed by atoms with Crippen molar-refractivity contribution >= 4 is 11.5 Å². The quantitative estimate of drug-likeness (QED) is 0.762. The van der Waals surface area contributed by atoms with Crippen LogP contribution in [0.2, 0.25) is 0 Å². The zero-order valence-corrected chi connectivity index (χ0v) is 12.6. The van der Waals surface area contributed by atoms with Gasteiger partial charge in [-0.15, -0.1) is 0 Å². The molecular weight excluding hydrogens is 276 g/mol. The Labute approximate surface area is 128 Å². The summed E-state index contributed by atoms with van der Waals surface area (Å²) in [7, 11) is 0. The Morgan fingerprint density at radius 1 is 1.18 bits per heavy atom. The van der Waals surface area contributed by atoms with Crippen LogP contribution in [0.1, 0.15) is 28.6 Å². The van der Waals surface area contributed by atoms with Crippen LogP contribution in [0.15, 0.2) is 36.4 Å². The lowest BCUT2D eigenvalue weighted by Gasteiger charge is -2.20. The number of anilines is 1. The summed E-state index contributed by atoms with van der Waals surface area (Å²) in [4.78, 5) is 4.49. The molecule has 5 heteroatoms. The van der Waals surface area contributed by atoms with E-state index < -0.39 is 6.10 Å². The van der Waals surface area contributed by atoms with Crippen LogP contribution in [0, 0.1) is 13.8 Å². The van der Waals surface area contributed by atoms with Crippen LogP contribution in [0.5, 0.6) is 0 Å². The second-order valence-electron chi connectivity index (χ2n) is 5.93. The first-order chi connectivity index (χ1) is 10.6. The molecule has 2 heterocycles. The van der Waals surface area contributed by atoms with E-state index in [-0.39, 0.29) is 6.04 Å². The fourth-order valence-electron chi connectivity index (χ4n) is 3.22. The van der Waals surface area contributed by atoms with Gasteiger partial charge in [-0.1, -0.05) is 24.3 Å². The van der Waals surface area contributed by atoms with Crippen LogP contribution in [0.3, 0.4) is 0 Å². The largest absolute Gasteiger partial charge is 0.390 e. The molecular formula is C17H18N4O. The molecule has 0 unspecified atom stereocenters. The predicted molar refractivity (Wildman–Crippen MR) is 85.0 cm³/mol. The maximum absolute atomic E-state index is 10.4. The maximum atomic E-state index is 10.4. The lowest BCUT2D eigenvalue weighted by Crippen LogP contribution is -2.22. The van der Waals surface area contributed by atoms with E-state index in [0.717, 1.165) is 28.4 Å². The molecule has 2 atom stereocenters. The summed E-state index contributed by atoms with van der Waals surface area (Å²) in [6, 6.07) is 12.0. The predicted octanol–water partition coefficient (Wildman–Crippen LogP) is 2.42. The van der Waals surface area contributed by atoms with Crippen LogP contribution in [0.25, 0.3) is 5.65 Å². The van der Waals surface area contributed by atoms with Crippen molar-refractivity contribution in [3.8, 4) is 0 Å². The summed E-state index contributed by atoms with van der Waals surface area (Å²) in [5.74, 6) is 0.858. The molecule has 0 bridgehead atoms. The van der Waals surface area contributed by atoms with E-state index in [4.69, 9.17) is 0 Å². The minimum Gasteiger partial charge on any atom is -0.390 e. The summed E-state index contributed by atoms with van der Waals surface area (Å²) in [5.41, 5.74) is 5.03. The average molecular weight is 294 g/mol. The average Bonchev–Trinajstić information content (AvgIpc) is 2.99. The number of aryl methyl sites for hydroxylation is 2. The maximum Gasteiger partial charge on any atom is 0.157 e. The number of aliphatic hydroxyl groups excluding tert-OH is 1. The van der Waals surface area contributed by atoms with Gasteiger partial charge >= 0.3 is 0 Å². The summed E-state index contributed by atoms with van der Waals surface area (Å²) >= 11 is 0. The highest BCUT2D eigenvalue weighted by Gasteiger charge is 2.31. The number of fused-ring (bicyclic) bond motifs is 2. The molecule has 0 amide bonds. The second-order valence-corrected chi connectivity index (χ2v) is 5.93. The van der Waals surface area contributed by atoms with Crippen molar-refractivity contribution in [1.29, 1.82) is 0 Å². The van der Waals surface area contributed by atoms with Crippen molar-refractivity contribution in [2.24, 2.45) is 0 Å². The van der Waals surface area contributed by atoms with Crippen molar-refractivity contribution < 1.29 is 5.11 Å². The first-order valence-electron chi connectivity index (χ1n) is 7.48. The molecule has 0 spiro atoms. The zero-order valence-electron chi connectivity index (χ0n) is 12.6. The Morgan fingerprint density at radius 3 is 2.86 bits per heavy atom. The standard InChI is InChI=1S/C17H18N4O/c1-10-7-16(21-15(18-10)8-11(2)20-21)19-17-13-6-4-3-5-12(13)9-14(17)22/h3-8,14,17,19,22H,9H2,1-2H3/t14-,17+/m0/s1. The highest BCUT2D eigenvalue weighted by Crippen LogP contribution is 2.34. The summed E-state index contributed by atoms with van der Waals surface area (Å²) in [6.45, 7) is 3.92. The van der Waals surface area contributed by atoms with Crippen LogP contribution in [-0.2, 0) is 6.42 Å². The molecule has 5 nitrogen and oxygen atoms in total. The van der Waals surface area contributed by atoms with Crippen LogP contribution >= 0.6 is 0 Å². The van der Waals surface area contributed by atoms with Gasteiger partial charge in [-0.3, -0.25) is 0 Å². The number of nitrogens with zero attached hydrogens (tertiary/aromatic N) is 3. The Morgan fingerprint density at radius 2 is 2.00 bits per heavy atom. The Bertz CT molecular complexity index is 855. The molecule has 22 heavy (non-hydrogen) atoms. The Kier molecular flexibility index (Phi) is 2.90. The number of aromatic nitrogens is 3. The van der Waals surface area contributed by atoms with Gasteiger partial charge in [-0.25, -0.2) is 4.98 Å². The third-order valence-electron chi connectivity index (χ3n) is 4.18. The molecule has 1 aromatic carbocycles. The molecule has 1 aliphatic rings. The topological polar surface area (TPSA) is 62.5 Å². The van der Waals surface area contributed by atoms with Gasteiger partial charge < -0.3 is 10.4 Å². The first kappa shape index (κ1) is 13.3. The normalized spacial score (nSPS) is 20.3. The summed E-state index contributed by atoms with van der Waals surface area (Å²) in [5, 5.41) is 18.4. The molecule has 112 valence electrons. The molecule has 0 saturated heterocycles. The summed E-state index contributed by atoms with van der Waals surface area (Å²) in [6.07, 6.45) is 0.247. The smallest absolute Gasteiger partial charge is 0.157 e. The highest BCUT2D eigenvalue weighted by molar-refractivity contribution is 5.53. The molecule has 3 aromatic rings. The van der Waals surface area contributed by atoms with Crippen molar-refractivity contribution in [3.05, 3.63) is 58.9 Å². The first-order valence-corrected chi connectivity index (χ1v) is 7.48. The molecule has 2 N–H and O–H groups in total. The summed E-state index contributed by atoms with van der Waals surface area (Å²) < 4.78 is 1.80. The number of benzene rings is 1. The van der Waals surface area contributed by atoms with E-state index in [2.05, 4.69) is 27.5 Å². The monoisotopic (exact) mass is 294 g/mol. The third kappa shape index (κ3) is 2.05. The van der Waals surface area contributed by atoms with Gasteiger partial charge in [-0.05, 0) is 25.0 Å². The van der Waals surface area contributed by atoms with Crippen molar-refractivity contribution in [2.75, 3.05) is 5.32 Å². The van der Waals surface area contributed by atoms with Gasteiger partial charge in [0, 0.05) is 24.2 Å². The van der Waals surface area contributed by atoms with Crippen LogP contribution in [0.4, 0.5) is 5.82 Å². The number of hydrogen-bond acceptors (Lipinski definition) is 4. The van der Waals surface area contributed by atoms with E-state index in [1.54, 1.807) is 4.52 Å². The minimum atomic E-state index is -0.433. The fourth-order valence-corrected chi connectivity index (χ4v) is 3.22. The number of nitrogens with one attached hydrogen (secondary N) is 1. The van der Waals surface area contributed by atoms with E-state index >= 15 is 0 Å². The Hall–Kier alpha value is -2.40. The van der Waals surface area contributed by atoms with Crippen LogP contribution in [-0.4, -0.2) is 25.8 Å². The molecule has 0 radical (unpaired) electrons. The lowest BCUT2D eigenvalue weighted by atomic mass is 10.1. The van der Waals surface area contributed by atoms with Gasteiger partial charge in [0.15, 0.2) is 5.65 Å². The van der Waals surface area contributed by atoms with Crippen molar-refractivity contribution in [1.82, 2.24) is 14.6 Å². The number of hydrogen-bond donors (Lipinski definition) is 2. The molecule has 0 saturated carbocycles. The SMILES string of the molecule is Cc1cc(N[C@@H]2c3ccccc3C[C@@H]2O)n2nc(C)cc2n1. The molecule has 4 rings (SSSR count). The molecule has 2 aromatic heterocycles. The van der Waals surface area contributed by atoms with Crippen LogP contribution < -0.4 is 5.32 Å².